The molecule has 2 nitrogen and oxygen atoms in total. The van der Waals surface area contributed by atoms with Gasteiger partial charge >= 0.3 is 0 Å². The highest BCUT2D eigenvalue weighted by molar-refractivity contribution is 5.09. The highest BCUT2D eigenvalue weighted by atomic mass is 16.5. The molecular formula is C15H25NO. The van der Waals surface area contributed by atoms with Crippen molar-refractivity contribution in [1.82, 2.24) is 5.32 Å². The number of hydrogen-bond donors (Lipinski definition) is 1. The molecular weight excluding hydrogens is 210 g/mol. The normalized spacial score (nSPS) is 28.9. The quantitative estimate of drug-likeness (QED) is 0.743. The summed E-state index contributed by atoms with van der Waals surface area (Å²) in [5, 5.41) is 3.60. The fraction of sp³-hybridized carbons (Fsp3) is 0.867. The molecule has 1 aliphatic carbocycles. The molecule has 0 aromatic carbocycles. The molecule has 2 fully saturated rings. The second-order valence-corrected chi connectivity index (χ2v) is 6.20. The van der Waals surface area contributed by atoms with Crippen LogP contribution in [-0.2, 0) is 4.74 Å². The lowest BCUT2D eigenvalue weighted by molar-refractivity contribution is -0.110. The van der Waals surface area contributed by atoms with Gasteiger partial charge in [-0.3, -0.25) is 5.32 Å². The van der Waals surface area contributed by atoms with Crippen LogP contribution in [0.25, 0.3) is 0 Å². The van der Waals surface area contributed by atoms with E-state index in [0.29, 0.717) is 6.04 Å². The third-order valence-corrected chi connectivity index (χ3v) is 4.18. The standard InChI is InChI=1S/C15H25NO/c1-4-14(2,3)16-13-8-11-17-15(12-13)9-6-5-7-10-15/h1,13,16H,5-12H2,2-3H3. The molecule has 0 amide bonds. The first kappa shape index (κ1) is 12.9. The van der Waals surface area contributed by atoms with Gasteiger partial charge in [0.1, 0.15) is 0 Å². The number of terminal acetylenes is 1. The Labute approximate surface area is 105 Å². The summed E-state index contributed by atoms with van der Waals surface area (Å²) >= 11 is 0. The highest BCUT2D eigenvalue weighted by Gasteiger charge is 2.39. The Morgan fingerprint density at radius 3 is 2.65 bits per heavy atom. The molecule has 2 heteroatoms. The van der Waals surface area contributed by atoms with E-state index in [-0.39, 0.29) is 11.1 Å². The monoisotopic (exact) mass is 235 g/mol. The zero-order valence-corrected chi connectivity index (χ0v) is 11.2. The highest BCUT2D eigenvalue weighted by Crippen LogP contribution is 2.38. The van der Waals surface area contributed by atoms with Gasteiger partial charge in [0.25, 0.3) is 0 Å². The molecule has 0 bridgehead atoms. The van der Waals surface area contributed by atoms with E-state index in [0.717, 1.165) is 19.4 Å². The summed E-state index contributed by atoms with van der Waals surface area (Å²) in [7, 11) is 0. The Hall–Kier alpha value is -0.520. The Bertz CT molecular complexity index is 291. The lowest BCUT2D eigenvalue weighted by Gasteiger charge is -2.45. The van der Waals surface area contributed by atoms with Gasteiger partial charge in [0.2, 0.25) is 0 Å². The van der Waals surface area contributed by atoms with Crippen molar-refractivity contribution < 1.29 is 4.74 Å². The fourth-order valence-corrected chi connectivity index (χ4v) is 3.25. The van der Waals surface area contributed by atoms with Gasteiger partial charge < -0.3 is 4.74 Å². The average Bonchev–Trinajstić information content (AvgIpc) is 2.29. The molecule has 1 saturated heterocycles. The SMILES string of the molecule is C#CC(C)(C)NC1CCOC2(CCCCC2)C1. The molecule has 0 radical (unpaired) electrons. The molecule has 2 aliphatic rings. The van der Waals surface area contributed by atoms with Crippen molar-refractivity contribution in [2.24, 2.45) is 0 Å². The molecule has 1 saturated carbocycles. The van der Waals surface area contributed by atoms with Crippen LogP contribution in [0.5, 0.6) is 0 Å². The van der Waals surface area contributed by atoms with Crippen LogP contribution >= 0.6 is 0 Å². The van der Waals surface area contributed by atoms with Crippen LogP contribution in [0.4, 0.5) is 0 Å². The minimum absolute atomic E-state index is 0.166. The van der Waals surface area contributed by atoms with E-state index < -0.39 is 0 Å². The molecule has 0 aromatic rings. The van der Waals surface area contributed by atoms with Crippen molar-refractivity contribution in [3.8, 4) is 12.3 Å². The summed E-state index contributed by atoms with van der Waals surface area (Å²) in [4.78, 5) is 0. The zero-order valence-electron chi connectivity index (χ0n) is 11.2. The Morgan fingerprint density at radius 1 is 1.29 bits per heavy atom. The summed E-state index contributed by atoms with van der Waals surface area (Å²) in [6, 6.07) is 0.521. The van der Waals surface area contributed by atoms with Gasteiger partial charge in [-0.2, -0.15) is 0 Å². The molecule has 1 heterocycles. The number of hydrogen-bond acceptors (Lipinski definition) is 2. The summed E-state index contributed by atoms with van der Waals surface area (Å²) in [5.74, 6) is 2.83. The second kappa shape index (κ2) is 5.00. The Kier molecular flexibility index (Phi) is 3.80. The molecule has 1 N–H and O–H groups in total. The van der Waals surface area contributed by atoms with Gasteiger partial charge in [-0.25, -0.2) is 0 Å². The van der Waals surface area contributed by atoms with Gasteiger partial charge in [0, 0.05) is 12.6 Å². The number of nitrogens with one attached hydrogen (secondary N) is 1. The van der Waals surface area contributed by atoms with E-state index in [1.165, 1.54) is 32.1 Å². The summed E-state index contributed by atoms with van der Waals surface area (Å²) in [6.45, 7) is 5.05. The van der Waals surface area contributed by atoms with Crippen LogP contribution in [0, 0.1) is 12.3 Å². The topological polar surface area (TPSA) is 21.3 Å². The van der Waals surface area contributed by atoms with Crippen LogP contribution in [0.1, 0.15) is 58.8 Å². The van der Waals surface area contributed by atoms with Crippen molar-refractivity contribution in [2.45, 2.75) is 76.0 Å². The summed E-state index contributed by atoms with van der Waals surface area (Å²) in [5.41, 5.74) is -0.0310. The maximum Gasteiger partial charge on any atom is 0.0743 e. The van der Waals surface area contributed by atoms with Gasteiger partial charge in [0.15, 0.2) is 0 Å². The maximum atomic E-state index is 6.09. The molecule has 1 spiro atoms. The van der Waals surface area contributed by atoms with Crippen LogP contribution in [0.15, 0.2) is 0 Å². The van der Waals surface area contributed by atoms with E-state index >= 15 is 0 Å². The van der Waals surface area contributed by atoms with Crippen molar-refractivity contribution in [1.29, 1.82) is 0 Å². The van der Waals surface area contributed by atoms with E-state index in [1.54, 1.807) is 0 Å². The first-order valence-electron chi connectivity index (χ1n) is 6.95. The Morgan fingerprint density at radius 2 is 2.00 bits per heavy atom. The second-order valence-electron chi connectivity index (χ2n) is 6.20. The average molecular weight is 235 g/mol. The molecule has 2 rings (SSSR count). The van der Waals surface area contributed by atoms with Crippen LogP contribution in [-0.4, -0.2) is 23.8 Å². The van der Waals surface area contributed by atoms with Gasteiger partial charge in [-0.05, 0) is 39.5 Å². The van der Waals surface area contributed by atoms with Crippen molar-refractivity contribution in [3.05, 3.63) is 0 Å². The summed E-state index contributed by atoms with van der Waals surface area (Å²) in [6.07, 6.45) is 14.3. The molecule has 1 unspecified atom stereocenters. The predicted octanol–water partition coefficient (Wildman–Crippen LogP) is 2.87. The first-order chi connectivity index (χ1) is 8.05. The van der Waals surface area contributed by atoms with Crippen LogP contribution < -0.4 is 5.32 Å². The maximum absolute atomic E-state index is 6.09. The van der Waals surface area contributed by atoms with E-state index in [4.69, 9.17) is 11.2 Å². The van der Waals surface area contributed by atoms with Gasteiger partial charge in [-0.15, -0.1) is 6.42 Å². The summed E-state index contributed by atoms with van der Waals surface area (Å²) < 4.78 is 6.09. The molecule has 96 valence electrons. The minimum Gasteiger partial charge on any atom is -0.375 e. The van der Waals surface area contributed by atoms with E-state index in [2.05, 4.69) is 25.1 Å². The molecule has 1 aliphatic heterocycles. The largest absolute Gasteiger partial charge is 0.375 e. The van der Waals surface area contributed by atoms with Gasteiger partial charge in [0.05, 0.1) is 11.1 Å². The third-order valence-electron chi connectivity index (χ3n) is 4.18. The van der Waals surface area contributed by atoms with Crippen molar-refractivity contribution in [2.75, 3.05) is 6.61 Å². The first-order valence-corrected chi connectivity index (χ1v) is 6.95. The third kappa shape index (κ3) is 3.24. The Balaban J connectivity index is 1.95. The smallest absolute Gasteiger partial charge is 0.0743 e. The van der Waals surface area contributed by atoms with Crippen molar-refractivity contribution >= 4 is 0 Å². The van der Waals surface area contributed by atoms with Gasteiger partial charge in [-0.1, -0.05) is 25.2 Å². The number of rotatable bonds is 2. The van der Waals surface area contributed by atoms with Crippen LogP contribution in [0.3, 0.4) is 0 Å². The molecule has 1 atom stereocenters. The van der Waals surface area contributed by atoms with E-state index in [9.17, 15) is 0 Å². The number of ether oxygens (including phenoxy) is 1. The lowest BCUT2D eigenvalue weighted by atomic mass is 9.78. The lowest BCUT2D eigenvalue weighted by Crippen LogP contribution is -2.53. The minimum atomic E-state index is -0.197. The van der Waals surface area contributed by atoms with E-state index in [1.807, 2.05) is 0 Å². The molecule has 0 aromatic heterocycles. The van der Waals surface area contributed by atoms with Crippen LogP contribution in [0.2, 0.25) is 0 Å². The zero-order chi connectivity index (χ0) is 12.4. The van der Waals surface area contributed by atoms with Crippen molar-refractivity contribution in [3.63, 3.8) is 0 Å². The predicted molar refractivity (Wildman–Crippen MR) is 70.8 cm³/mol. The fourth-order valence-electron chi connectivity index (χ4n) is 3.25. The molecule has 17 heavy (non-hydrogen) atoms.